The maximum atomic E-state index is 11.6. The predicted octanol–water partition coefficient (Wildman–Crippen LogP) is 0.420. The minimum absolute atomic E-state index is 0.408. The Labute approximate surface area is 86.0 Å². The lowest BCUT2D eigenvalue weighted by molar-refractivity contribution is -0.175. The molecule has 15 heavy (non-hydrogen) atoms. The van der Waals surface area contributed by atoms with Gasteiger partial charge in [-0.1, -0.05) is 0 Å². The van der Waals surface area contributed by atoms with Gasteiger partial charge in [0.05, 0.1) is 0 Å². The molecule has 0 unspecified atom stereocenters. The second-order valence-corrected chi connectivity index (χ2v) is 2.95. The van der Waals surface area contributed by atoms with E-state index >= 15 is 0 Å². The van der Waals surface area contributed by atoms with Gasteiger partial charge in [0.1, 0.15) is 13.2 Å². The fraction of sp³-hybridized carbons (Fsp3) is 0.875. The quantitative estimate of drug-likeness (QED) is 0.621. The molecule has 0 fully saturated rings. The zero-order chi connectivity index (χ0) is 11.7. The molecule has 0 rings (SSSR count). The highest BCUT2D eigenvalue weighted by molar-refractivity contribution is 5.77. The van der Waals surface area contributed by atoms with Gasteiger partial charge in [0.15, 0.2) is 0 Å². The molecule has 3 N–H and O–H groups in total. The third-order valence-corrected chi connectivity index (χ3v) is 1.45. The highest BCUT2D eigenvalue weighted by Gasteiger charge is 2.27. The fourth-order valence-electron chi connectivity index (χ4n) is 0.808. The van der Waals surface area contributed by atoms with Gasteiger partial charge in [-0.05, 0) is 19.4 Å². The third kappa shape index (κ3) is 11.1. The molecule has 0 aromatic rings. The summed E-state index contributed by atoms with van der Waals surface area (Å²) in [6.07, 6.45) is -2.91. The van der Waals surface area contributed by atoms with Crippen LogP contribution in [0.1, 0.15) is 12.8 Å². The van der Waals surface area contributed by atoms with E-state index in [2.05, 4.69) is 10.1 Å². The summed E-state index contributed by atoms with van der Waals surface area (Å²) < 4.78 is 38.9. The maximum absolute atomic E-state index is 11.6. The van der Waals surface area contributed by atoms with Crippen molar-refractivity contribution >= 4 is 5.91 Å². The van der Waals surface area contributed by atoms with Crippen LogP contribution in [0.5, 0.6) is 0 Å². The maximum Gasteiger partial charge on any atom is 0.411 e. The first-order valence-corrected chi connectivity index (χ1v) is 4.57. The molecular formula is C8H15F3N2O2. The van der Waals surface area contributed by atoms with E-state index in [9.17, 15) is 18.0 Å². The number of nitrogens with one attached hydrogen (secondary N) is 1. The lowest BCUT2D eigenvalue weighted by Crippen LogP contribution is -2.30. The molecule has 1 amide bonds. The van der Waals surface area contributed by atoms with E-state index in [1.54, 1.807) is 0 Å². The summed E-state index contributed by atoms with van der Waals surface area (Å²) in [6.45, 7) is -1.03. The minimum atomic E-state index is -4.39. The zero-order valence-corrected chi connectivity index (χ0v) is 8.27. The highest BCUT2D eigenvalue weighted by Crippen LogP contribution is 2.13. The van der Waals surface area contributed by atoms with E-state index in [1.165, 1.54) is 0 Å². The lowest BCUT2D eigenvalue weighted by atomic mass is 10.3. The summed E-state index contributed by atoms with van der Waals surface area (Å²) in [5, 5.41) is 2.42. The first-order chi connectivity index (χ1) is 6.95. The van der Waals surface area contributed by atoms with Gasteiger partial charge in [-0.25, -0.2) is 0 Å². The number of alkyl halides is 3. The van der Waals surface area contributed by atoms with E-state index in [0.717, 1.165) is 6.42 Å². The highest BCUT2D eigenvalue weighted by atomic mass is 19.4. The van der Waals surface area contributed by atoms with Crippen LogP contribution in [0, 0.1) is 0 Å². The second kappa shape index (κ2) is 7.47. The van der Waals surface area contributed by atoms with Crippen LogP contribution in [-0.2, 0) is 9.53 Å². The number of amides is 1. The normalized spacial score (nSPS) is 11.5. The van der Waals surface area contributed by atoms with E-state index in [4.69, 9.17) is 5.73 Å². The summed E-state index contributed by atoms with van der Waals surface area (Å²) in [6, 6.07) is 0. The Balaban J connectivity index is 3.34. The topological polar surface area (TPSA) is 64.3 Å². The zero-order valence-electron chi connectivity index (χ0n) is 8.27. The Hall–Kier alpha value is -0.820. The van der Waals surface area contributed by atoms with Crippen LogP contribution in [0.25, 0.3) is 0 Å². The predicted molar refractivity (Wildman–Crippen MR) is 48.2 cm³/mol. The molecule has 0 aliphatic carbocycles. The summed E-state index contributed by atoms with van der Waals surface area (Å²) >= 11 is 0. The van der Waals surface area contributed by atoms with Crippen LogP contribution in [0.2, 0.25) is 0 Å². The lowest BCUT2D eigenvalue weighted by Gasteiger charge is -2.07. The van der Waals surface area contributed by atoms with E-state index < -0.39 is 25.3 Å². The number of ether oxygens (including phenoxy) is 1. The standard InChI is InChI=1S/C8H15F3N2O2/c9-8(10,11)6-15-5-7(14)13-4-2-1-3-12/h1-6,12H2,(H,13,14). The van der Waals surface area contributed by atoms with E-state index in [0.29, 0.717) is 19.5 Å². The van der Waals surface area contributed by atoms with Crippen molar-refractivity contribution in [3.05, 3.63) is 0 Å². The smallest absolute Gasteiger partial charge is 0.362 e. The van der Waals surface area contributed by atoms with E-state index in [1.807, 2.05) is 0 Å². The molecule has 0 aromatic heterocycles. The van der Waals surface area contributed by atoms with E-state index in [-0.39, 0.29) is 0 Å². The Bertz CT molecular complexity index is 185. The van der Waals surface area contributed by atoms with Gasteiger partial charge in [0.25, 0.3) is 0 Å². The molecule has 0 aliphatic rings. The van der Waals surface area contributed by atoms with Gasteiger partial charge in [-0.15, -0.1) is 0 Å². The van der Waals surface area contributed by atoms with Crippen molar-refractivity contribution in [2.45, 2.75) is 19.0 Å². The summed E-state index contributed by atoms with van der Waals surface area (Å²) in [5.74, 6) is -0.545. The van der Waals surface area contributed by atoms with Crippen molar-refractivity contribution in [1.29, 1.82) is 0 Å². The second-order valence-electron chi connectivity index (χ2n) is 2.95. The third-order valence-electron chi connectivity index (χ3n) is 1.45. The fourth-order valence-corrected chi connectivity index (χ4v) is 0.808. The largest absolute Gasteiger partial charge is 0.411 e. The Morgan fingerprint density at radius 1 is 1.33 bits per heavy atom. The van der Waals surface area contributed by atoms with Crippen LogP contribution < -0.4 is 11.1 Å². The van der Waals surface area contributed by atoms with Gasteiger partial charge >= 0.3 is 6.18 Å². The molecule has 90 valence electrons. The van der Waals surface area contributed by atoms with Gasteiger partial charge in [0.2, 0.25) is 5.91 Å². The van der Waals surface area contributed by atoms with Crippen LogP contribution in [0.3, 0.4) is 0 Å². The van der Waals surface area contributed by atoms with Crippen molar-refractivity contribution in [2.24, 2.45) is 5.73 Å². The van der Waals surface area contributed by atoms with Crippen molar-refractivity contribution in [3.8, 4) is 0 Å². The molecule has 0 atom stereocenters. The first kappa shape index (κ1) is 14.2. The SMILES string of the molecule is NCCCCNC(=O)COCC(F)(F)F. The molecule has 0 spiro atoms. The Morgan fingerprint density at radius 2 is 2.00 bits per heavy atom. The van der Waals surface area contributed by atoms with Crippen LogP contribution in [-0.4, -0.2) is 38.4 Å². The van der Waals surface area contributed by atoms with Gasteiger partial charge in [-0.2, -0.15) is 13.2 Å². The monoisotopic (exact) mass is 228 g/mol. The molecule has 0 heterocycles. The summed E-state index contributed by atoms with van der Waals surface area (Å²) in [4.78, 5) is 10.9. The average molecular weight is 228 g/mol. The van der Waals surface area contributed by atoms with Gasteiger partial charge in [0, 0.05) is 6.54 Å². The average Bonchev–Trinajstić information content (AvgIpc) is 2.10. The number of hydrogen-bond donors (Lipinski definition) is 2. The molecule has 7 heteroatoms. The van der Waals surface area contributed by atoms with Crippen molar-refractivity contribution < 1.29 is 22.7 Å². The molecule has 0 radical (unpaired) electrons. The Morgan fingerprint density at radius 3 is 2.53 bits per heavy atom. The van der Waals surface area contributed by atoms with Crippen LogP contribution >= 0.6 is 0 Å². The molecule has 0 aromatic carbocycles. The number of carbonyl (C=O) groups excluding carboxylic acids is 1. The number of rotatable bonds is 7. The molecule has 0 saturated carbocycles. The molecular weight excluding hydrogens is 213 g/mol. The minimum Gasteiger partial charge on any atom is -0.362 e. The summed E-state index contributed by atoms with van der Waals surface area (Å²) in [7, 11) is 0. The van der Waals surface area contributed by atoms with Crippen molar-refractivity contribution in [3.63, 3.8) is 0 Å². The molecule has 0 bridgehead atoms. The van der Waals surface area contributed by atoms with Crippen LogP contribution in [0.15, 0.2) is 0 Å². The molecule has 0 saturated heterocycles. The first-order valence-electron chi connectivity index (χ1n) is 4.57. The van der Waals surface area contributed by atoms with Crippen molar-refractivity contribution in [2.75, 3.05) is 26.3 Å². The number of unbranched alkanes of at least 4 members (excludes halogenated alkanes) is 1. The van der Waals surface area contributed by atoms with Gasteiger partial charge in [-0.3, -0.25) is 4.79 Å². The molecule has 4 nitrogen and oxygen atoms in total. The van der Waals surface area contributed by atoms with Gasteiger partial charge < -0.3 is 15.8 Å². The number of hydrogen-bond acceptors (Lipinski definition) is 3. The van der Waals surface area contributed by atoms with Crippen molar-refractivity contribution in [1.82, 2.24) is 5.32 Å². The number of nitrogens with two attached hydrogens (primary N) is 1. The van der Waals surface area contributed by atoms with Crippen LogP contribution in [0.4, 0.5) is 13.2 Å². The number of halogens is 3. The Kier molecular flexibility index (Phi) is 7.06. The summed E-state index contributed by atoms with van der Waals surface area (Å²) in [5.41, 5.74) is 5.21. The molecule has 0 aliphatic heterocycles. The number of carbonyl (C=O) groups is 1.